The van der Waals surface area contributed by atoms with E-state index < -0.39 is 11.7 Å². The summed E-state index contributed by atoms with van der Waals surface area (Å²) in [4.78, 5) is 0. The molecule has 2 N–H and O–H groups in total. The molecule has 2 nitrogen and oxygen atoms in total. The van der Waals surface area contributed by atoms with Crippen molar-refractivity contribution in [3.8, 4) is 0 Å². The topological polar surface area (TPSA) is 40.5 Å². The average Bonchev–Trinajstić information content (AvgIpc) is 2.78. The Kier molecular flexibility index (Phi) is 3.16. The van der Waals surface area contributed by atoms with Gasteiger partial charge < -0.3 is 10.2 Å². The molecule has 2 fully saturated rings. The van der Waals surface area contributed by atoms with Gasteiger partial charge in [0.2, 0.25) is 0 Å². The lowest BCUT2D eigenvalue weighted by Crippen LogP contribution is -2.55. The fourth-order valence-electron chi connectivity index (χ4n) is 4.09. The number of hydrogen-bond donors (Lipinski definition) is 2. The van der Waals surface area contributed by atoms with Gasteiger partial charge in [0.25, 0.3) is 0 Å². The Labute approximate surface area is 105 Å². The monoisotopic (exact) mass is 238 g/mol. The molecule has 98 valence electrons. The van der Waals surface area contributed by atoms with Gasteiger partial charge in [-0.25, -0.2) is 0 Å². The van der Waals surface area contributed by atoms with Crippen molar-refractivity contribution in [3.63, 3.8) is 0 Å². The fourth-order valence-corrected chi connectivity index (χ4v) is 4.09. The SMILES string of the molecule is CC(C)=CCC(O)C1(C)C2CCC(C2)C1(C)O. The zero-order chi connectivity index (χ0) is 12.8. The van der Waals surface area contributed by atoms with Crippen LogP contribution in [0.15, 0.2) is 11.6 Å². The number of fused-ring (bicyclic) bond motifs is 2. The highest BCUT2D eigenvalue weighted by molar-refractivity contribution is 5.15. The van der Waals surface area contributed by atoms with Crippen LogP contribution in [0.2, 0.25) is 0 Å². The van der Waals surface area contributed by atoms with Crippen LogP contribution in [0.1, 0.15) is 53.4 Å². The summed E-state index contributed by atoms with van der Waals surface area (Å²) in [5.41, 5.74) is 0.197. The summed E-state index contributed by atoms with van der Waals surface area (Å²) in [6.07, 6.45) is 5.71. The molecule has 2 bridgehead atoms. The summed E-state index contributed by atoms with van der Waals surface area (Å²) >= 11 is 0. The van der Waals surface area contributed by atoms with Gasteiger partial charge in [-0.15, -0.1) is 0 Å². The number of aliphatic hydroxyl groups is 2. The largest absolute Gasteiger partial charge is 0.392 e. The van der Waals surface area contributed by atoms with Gasteiger partial charge in [0.1, 0.15) is 0 Å². The molecule has 5 unspecified atom stereocenters. The van der Waals surface area contributed by atoms with Crippen molar-refractivity contribution in [1.29, 1.82) is 0 Å². The van der Waals surface area contributed by atoms with Gasteiger partial charge in [-0.2, -0.15) is 0 Å². The van der Waals surface area contributed by atoms with E-state index in [0.717, 1.165) is 12.8 Å². The maximum Gasteiger partial charge on any atom is 0.0728 e. The Bertz CT molecular complexity index is 328. The van der Waals surface area contributed by atoms with Crippen molar-refractivity contribution in [1.82, 2.24) is 0 Å². The highest BCUT2D eigenvalue weighted by Gasteiger charge is 2.64. The van der Waals surface area contributed by atoms with Crippen LogP contribution < -0.4 is 0 Å². The van der Waals surface area contributed by atoms with E-state index in [4.69, 9.17) is 0 Å². The predicted octanol–water partition coefficient (Wildman–Crippen LogP) is 2.89. The first-order valence-electron chi connectivity index (χ1n) is 6.84. The molecule has 0 saturated heterocycles. The zero-order valence-corrected chi connectivity index (χ0v) is 11.5. The molecule has 17 heavy (non-hydrogen) atoms. The average molecular weight is 238 g/mol. The van der Waals surface area contributed by atoms with Crippen LogP contribution in [-0.4, -0.2) is 21.9 Å². The number of hydrogen-bond acceptors (Lipinski definition) is 2. The van der Waals surface area contributed by atoms with Crippen LogP contribution in [0.25, 0.3) is 0 Å². The summed E-state index contributed by atoms with van der Waals surface area (Å²) in [6.45, 7) is 8.12. The lowest BCUT2D eigenvalue weighted by atomic mass is 9.61. The minimum absolute atomic E-state index is 0.331. The van der Waals surface area contributed by atoms with E-state index in [1.807, 2.05) is 20.8 Å². The summed E-state index contributed by atoms with van der Waals surface area (Å²) in [5.74, 6) is 0.877. The quantitative estimate of drug-likeness (QED) is 0.742. The molecular weight excluding hydrogens is 212 g/mol. The maximum absolute atomic E-state index is 10.8. The molecule has 0 aliphatic heterocycles. The molecule has 0 heterocycles. The first-order chi connectivity index (χ1) is 7.80. The second kappa shape index (κ2) is 4.10. The van der Waals surface area contributed by atoms with Crippen molar-refractivity contribution in [2.75, 3.05) is 0 Å². The zero-order valence-electron chi connectivity index (χ0n) is 11.5. The molecule has 0 spiro atoms. The third-order valence-electron chi connectivity index (χ3n) is 5.61. The first kappa shape index (κ1) is 13.1. The minimum atomic E-state index is -0.704. The molecule has 5 atom stereocenters. The van der Waals surface area contributed by atoms with Crippen molar-refractivity contribution >= 4 is 0 Å². The van der Waals surface area contributed by atoms with E-state index in [-0.39, 0.29) is 5.41 Å². The second-order valence-electron chi connectivity index (χ2n) is 6.67. The molecule has 2 aliphatic rings. The highest BCUT2D eigenvalue weighted by Crippen LogP contribution is 2.63. The smallest absolute Gasteiger partial charge is 0.0728 e. The second-order valence-corrected chi connectivity index (χ2v) is 6.67. The number of aliphatic hydroxyl groups excluding tert-OH is 1. The molecule has 0 radical (unpaired) electrons. The normalized spacial score (nSPS) is 46.0. The minimum Gasteiger partial charge on any atom is -0.392 e. The summed E-state index contributed by atoms with van der Waals surface area (Å²) in [7, 11) is 0. The standard InChI is InChI=1S/C15H26O2/c1-10(2)5-8-13(16)14(3)11-6-7-12(9-11)15(14,4)17/h5,11-13,16-17H,6-9H2,1-4H3. The van der Waals surface area contributed by atoms with Crippen LogP contribution in [0, 0.1) is 17.3 Å². The van der Waals surface area contributed by atoms with Crippen molar-refractivity contribution < 1.29 is 10.2 Å². The van der Waals surface area contributed by atoms with E-state index in [1.165, 1.54) is 12.0 Å². The van der Waals surface area contributed by atoms with Gasteiger partial charge in [0.05, 0.1) is 11.7 Å². The Balaban J connectivity index is 2.20. The lowest BCUT2D eigenvalue weighted by Gasteiger charge is -2.49. The first-order valence-corrected chi connectivity index (χ1v) is 6.84. The van der Waals surface area contributed by atoms with E-state index in [2.05, 4.69) is 13.0 Å². The van der Waals surface area contributed by atoms with Crippen LogP contribution >= 0.6 is 0 Å². The molecule has 0 aromatic heterocycles. The predicted molar refractivity (Wildman–Crippen MR) is 69.6 cm³/mol. The Morgan fingerprint density at radius 3 is 2.35 bits per heavy atom. The van der Waals surface area contributed by atoms with E-state index >= 15 is 0 Å². The van der Waals surface area contributed by atoms with Crippen LogP contribution in [0.4, 0.5) is 0 Å². The summed E-state index contributed by atoms with van der Waals surface area (Å²) in [5, 5.41) is 21.3. The van der Waals surface area contributed by atoms with Gasteiger partial charge in [-0.3, -0.25) is 0 Å². The lowest BCUT2D eigenvalue weighted by molar-refractivity contribution is -0.154. The Hall–Kier alpha value is -0.340. The van der Waals surface area contributed by atoms with Crippen LogP contribution in [0.3, 0.4) is 0 Å². The maximum atomic E-state index is 10.8. The molecule has 0 amide bonds. The Morgan fingerprint density at radius 2 is 1.88 bits per heavy atom. The van der Waals surface area contributed by atoms with Gasteiger partial charge >= 0.3 is 0 Å². The van der Waals surface area contributed by atoms with Gasteiger partial charge in [-0.1, -0.05) is 18.6 Å². The molecule has 2 saturated carbocycles. The van der Waals surface area contributed by atoms with Gasteiger partial charge in [-0.05, 0) is 58.3 Å². The van der Waals surface area contributed by atoms with Crippen LogP contribution in [-0.2, 0) is 0 Å². The molecule has 0 aromatic carbocycles. The van der Waals surface area contributed by atoms with E-state index in [0.29, 0.717) is 18.3 Å². The Morgan fingerprint density at radius 1 is 1.29 bits per heavy atom. The van der Waals surface area contributed by atoms with Gasteiger partial charge in [0, 0.05) is 5.41 Å². The third kappa shape index (κ3) is 1.77. The van der Waals surface area contributed by atoms with Crippen molar-refractivity contribution in [3.05, 3.63) is 11.6 Å². The molecule has 2 rings (SSSR count). The van der Waals surface area contributed by atoms with E-state index in [9.17, 15) is 10.2 Å². The highest BCUT2D eigenvalue weighted by atomic mass is 16.3. The van der Waals surface area contributed by atoms with Crippen molar-refractivity contribution in [2.24, 2.45) is 17.3 Å². The molecule has 2 heteroatoms. The fraction of sp³-hybridized carbons (Fsp3) is 0.867. The molecular formula is C15H26O2. The number of allylic oxidation sites excluding steroid dienone is 1. The molecule has 2 aliphatic carbocycles. The van der Waals surface area contributed by atoms with E-state index in [1.54, 1.807) is 0 Å². The summed E-state index contributed by atoms with van der Waals surface area (Å²) in [6, 6.07) is 0. The van der Waals surface area contributed by atoms with Crippen LogP contribution in [0.5, 0.6) is 0 Å². The molecule has 0 aromatic rings. The number of rotatable bonds is 3. The summed E-state index contributed by atoms with van der Waals surface area (Å²) < 4.78 is 0. The van der Waals surface area contributed by atoms with Gasteiger partial charge in [0.15, 0.2) is 0 Å². The third-order valence-corrected chi connectivity index (χ3v) is 5.61. The van der Waals surface area contributed by atoms with Crippen molar-refractivity contribution in [2.45, 2.75) is 65.1 Å².